The van der Waals surface area contributed by atoms with Crippen molar-refractivity contribution in [1.29, 1.82) is 0 Å². The van der Waals surface area contributed by atoms with Crippen molar-refractivity contribution in [3.8, 4) is 5.75 Å². The van der Waals surface area contributed by atoms with E-state index >= 15 is 0 Å². The molecule has 2 atom stereocenters. The van der Waals surface area contributed by atoms with Gasteiger partial charge in [0.15, 0.2) is 0 Å². The lowest BCUT2D eigenvalue weighted by molar-refractivity contribution is -0.0105. The molecule has 2 bridgehead atoms. The molecule has 0 spiro atoms. The molecule has 2 aromatic carbocycles. The number of fused-ring (bicyclic) bond motifs is 1. The standard InChI is InChI=1S/C31H41N3O4S/c1-23-5-7-24(8-6-23)30(35)33(22-25-9-10-26-21-29(25)31(26,2)3)18-15-32-16-19-34(20-17-32)39(36,37)28-13-11-27(38-4)12-14-28/h5-9,11-14,26,29H,10,15-22H2,1-4H3. The predicted molar refractivity (Wildman–Crippen MR) is 153 cm³/mol. The van der Waals surface area contributed by atoms with Crippen molar-refractivity contribution in [2.24, 2.45) is 17.3 Å². The average molecular weight is 552 g/mol. The number of rotatable bonds is 9. The molecule has 1 heterocycles. The van der Waals surface area contributed by atoms with Gasteiger partial charge in [-0.2, -0.15) is 4.31 Å². The third-order valence-electron chi connectivity index (χ3n) is 9.26. The summed E-state index contributed by atoms with van der Waals surface area (Å²) in [5.74, 6) is 2.01. The van der Waals surface area contributed by atoms with Gasteiger partial charge in [0.1, 0.15) is 5.75 Å². The van der Waals surface area contributed by atoms with Crippen LogP contribution in [0.25, 0.3) is 0 Å². The van der Waals surface area contributed by atoms with E-state index in [1.165, 1.54) is 12.0 Å². The number of nitrogens with zero attached hydrogens (tertiary/aromatic N) is 3. The first-order chi connectivity index (χ1) is 18.6. The monoisotopic (exact) mass is 551 g/mol. The third kappa shape index (κ3) is 5.65. The van der Waals surface area contributed by atoms with E-state index in [1.54, 1.807) is 35.7 Å². The lowest BCUT2D eigenvalue weighted by Gasteiger charge is -2.57. The summed E-state index contributed by atoms with van der Waals surface area (Å²) in [4.78, 5) is 18.2. The lowest BCUT2D eigenvalue weighted by Crippen LogP contribution is -2.52. The summed E-state index contributed by atoms with van der Waals surface area (Å²) < 4.78 is 33.0. The van der Waals surface area contributed by atoms with Crippen LogP contribution in [0.4, 0.5) is 0 Å². The molecule has 7 nitrogen and oxygen atoms in total. The Balaban J connectivity index is 1.23. The Kier molecular flexibility index (Phi) is 7.91. The number of hydrogen-bond donors (Lipinski definition) is 0. The molecule has 0 aromatic heterocycles. The van der Waals surface area contributed by atoms with Gasteiger partial charge in [0.2, 0.25) is 10.0 Å². The Hall–Kier alpha value is -2.68. The first-order valence-corrected chi connectivity index (χ1v) is 15.4. The normalized spacial score (nSPS) is 23.0. The summed E-state index contributed by atoms with van der Waals surface area (Å²) in [5, 5.41) is 0. The molecule has 1 aliphatic heterocycles. The van der Waals surface area contributed by atoms with Crippen molar-refractivity contribution in [3.63, 3.8) is 0 Å². The van der Waals surface area contributed by atoms with E-state index in [2.05, 4.69) is 24.8 Å². The van der Waals surface area contributed by atoms with Gasteiger partial charge in [-0.3, -0.25) is 9.69 Å². The Morgan fingerprint density at radius 1 is 1.03 bits per heavy atom. The topological polar surface area (TPSA) is 70.2 Å². The van der Waals surface area contributed by atoms with Gasteiger partial charge >= 0.3 is 0 Å². The van der Waals surface area contributed by atoms with Crippen molar-refractivity contribution in [2.45, 2.75) is 38.5 Å². The number of carbonyl (C=O) groups is 1. The van der Waals surface area contributed by atoms with Gasteiger partial charge in [-0.15, -0.1) is 0 Å². The molecule has 2 aromatic rings. The number of hydrogen-bond acceptors (Lipinski definition) is 5. The van der Waals surface area contributed by atoms with Gasteiger partial charge in [-0.05, 0) is 73.4 Å². The Bertz CT molecular complexity index is 1310. The Labute approximate surface area is 233 Å². The highest BCUT2D eigenvalue weighted by Gasteiger charge is 2.51. The maximum atomic E-state index is 13.7. The molecule has 210 valence electrons. The maximum Gasteiger partial charge on any atom is 0.254 e. The molecule has 1 amide bonds. The van der Waals surface area contributed by atoms with Gasteiger partial charge in [0.05, 0.1) is 12.0 Å². The van der Waals surface area contributed by atoms with E-state index in [0.29, 0.717) is 56.4 Å². The fourth-order valence-corrected chi connectivity index (χ4v) is 7.78. The number of allylic oxidation sites excluding steroid dienone is 1. The number of amides is 1. The molecule has 4 aliphatic rings. The van der Waals surface area contributed by atoms with Crippen LogP contribution >= 0.6 is 0 Å². The van der Waals surface area contributed by atoms with Gasteiger partial charge < -0.3 is 9.64 Å². The quantitative estimate of drug-likeness (QED) is 0.431. The Morgan fingerprint density at radius 2 is 1.69 bits per heavy atom. The summed E-state index contributed by atoms with van der Waals surface area (Å²) in [6.45, 7) is 10.9. The summed E-state index contributed by atoms with van der Waals surface area (Å²) in [6, 6.07) is 14.4. The van der Waals surface area contributed by atoms with Crippen LogP contribution in [0, 0.1) is 24.2 Å². The number of ether oxygens (including phenoxy) is 1. The molecule has 1 saturated carbocycles. The first-order valence-electron chi connectivity index (χ1n) is 14.0. The molecule has 8 heteroatoms. The SMILES string of the molecule is COc1ccc(S(=O)(=O)N2CCN(CCN(CC3=CCC4CC3C4(C)C)C(=O)c3ccc(C)cc3)CC2)cc1. The first kappa shape index (κ1) is 27.9. The minimum Gasteiger partial charge on any atom is -0.497 e. The zero-order valence-corrected chi connectivity index (χ0v) is 24.4. The molecule has 6 rings (SSSR count). The van der Waals surface area contributed by atoms with Gasteiger partial charge in [-0.25, -0.2) is 8.42 Å². The van der Waals surface area contributed by atoms with Crippen LogP contribution in [0.15, 0.2) is 65.1 Å². The summed E-state index contributed by atoms with van der Waals surface area (Å²) in [6.07, 6.45) is 4.72. The lowest BCUT2D eigenvalue weighted by atomic mass is 9.49. The zero-order chi connectivity index (χ0) is 27.8. The van der Waals surface area contributed by atoms with Crippen LogP contribution in [0.5, 0.6) is 5.75 Å². The van der Waals surface area contributed by atoms with E-state index in [1.807, 2.05) is 36.1 Å². The minimum atomic E-state index is -3.55. The summed E-state index contributed by atoms with van der Waals surface area (Å²) >= 11 is 0. The van der Waals surface area contributed by atoms with Gasteiger partial charge in [0, 0.05) is 51.4 Å². The van der Waals surface area contributed by atoms with Crippen LogP contribution in [-0.2, 0) is 10.0 Å². The van der Waals surface area contributed by atoms with Crippen molar-refractivity contribution >= 4 is 15.9 Å². The maximum absolute atomic E-state index is 13.7. The molecule has 1 saturated heterocycles. The van der Waals surface area contributed by atoms with Crippen LogP contribution in [0.3, 0.4) is 0 Å². The summed E-state index contributed by atoms with van der Waals surface area (Å²) in [5.41, 5.74) is 3.57. The van der Waals surface area contributed by atoms with Gasteiger partial charge in [0.25, 0.3) is 5.91 Å². The number of sulfonamides is 1. The molecular weight excluding hydrogens is 510 g/mol. The number of benzene rings is 2. The highest BCUT2D eigenvalue weighted by Crippen LogP contribution is 2.59. The van der Waals surface area contributed by atoms with Crippen LogP contribution in [0.1, 0.15) is 42.6 Å². The predicted octanol–water partition coefficient (Wildman–Crippen LogP) is 4.44. The minimum absolute atomic E-state index is 0.0656. The van der Waals surface area contributed by atoms with E-state index in [4.69, 9.17) is 4.74 Å². The number of piperazine rings is 1. The van der Waals surface area contributed by atoms with Gasteiger partial charge in [-0.1, -0.05) is 43.2 Å². The molecule has 39 heavy (non-hydrogen) atoms. The molecule has 3 aliphatic carbocycles. The fourth-order valence-electron chi connectivity index (χ4n) is 6.36. The molecule has 0 N–H and O–H groups in total. The number of carbonyl (C=O) groups excluding carboxylic acids is 1. The van der Waals surface area contributed by atoms with Crippen molar-refractivity contribution < 1.29 is 17.9 Å². The van der Waals surface area contributed by atoms with E-state index in [-0.39, 0.29) is 10.8 Å². The second-order valence-electron chi connectivity index (χ2n) is 11.8. The highest BCUT2D eigenvalue weighted by atomic mass is 32.2. The third-order valence-corrected chi connectivity index (χ3v) is 11.2. The van der Waals surface area contributed by atoms with E-state index < -0.39 is 10.0 Å². The second-order valence-corrected chi connectivity index (χ2v) is 13.8. The molecule has 2 fully saturated rings. The number of methoxy groups -OCH3 is 1. The van der Waals surface area contributed by atoms with Crippen LogP contribution in [0.2, 0.25) is 0 Å². The fraction of sp³-hybridized carbons (Fsp3) is 0.516. The molecule has 2 unspecified atom stereocenters. The van der Waals surface area contributed by atoms with E-state index in [0.717, 1.165) is 30.0 Å². The van der Waals surface area contributed by atoms with Crippen LogP contribution < -0.4 is 4.74 Å². The van der Waals surface area contributed by atoms with Crippen LogP contribution in [-0.4, -0.2) is 81.4 Å². The Morgan fingerprint density at radius 3 is 2.28 bits per heavy atom. The van der Waals surface area contributed by atoms with Crippen molar-refractivity contribution in [3.05, 3.63) is 71.3 Å². The molecular formula is C31H41N3O4S. The number of aryl methyl sites for hydroxylation is 1. The second kappa shape index (κ2) is 11.1. The van der Waals surface area contributed by atoms with Crippen molar-refractivity contribution in [1.82, 2.24) is 14.1 Å². The smallest absolute Gasteiger partial charge is 0.254 e. The summed E-state index contributed by atoms with van der Waals surface area (Å²) in [7, 11) is -1.98. The van der Waals surface area contributed by atoms with Crippen molar-refractivity contribution in [2.75, 3.05) is 52.9 Å². The zero-order valence-electron chi connectivity index (χ0n) is 23.6. The largest absolute Gasteiger partial charge is 0.497 e. The molecule has 0 radical (unpaired) electrons. The van der Waals surface area contributed by atoms with E-state index in [9.17, 15) is 13.2 Å². The highest BCUT2D eigenvalue weighted by molar-refractivity contribution is 7.89. The average Bonchev–Trinajstić information content (AvgIpc) is 2.95.